The molecular formula is C126H117N5O4+4. The predicted octanol–water partition coefficient (Wildman–Crippen LogP) is 30.5. The third-order valence-electron chi connectivity index (χ3n) is 34.1. The van der Waals surface area contributed by atoms with E-state index >= 15 is 0 Å². The van der Waals surface area contributed by atoms with E-state index in [9.17, 15) is 0 Å². The van der Waals surface area contributed by atoms with Gasteiger partial charge in [0, 0.05) is 128 Å². The molecule has 8 aliphatic carbocycles. The summed E-state index contributed by atoms with van der Waals surface area (Å²) < 4.78 is 36.2. The Labute approximate surface area is 790 Å². The average molecular weight is 1770 g/mol. The van der Waals surface area contributed by atoms with Crippen molar-refractivity contribution in [3.05, 3.63) is 349 Å². The van der Waals surface area contributed by atoms with Crippen LogP contribution in [0, 0.1) is 76.2 Å². The molecule has 0 radical (unpaired) electrons. The molecule has 0 N–H and O–H groups in total. The number of aryl methyl sites for hydroxylation is 15. The number of benzene rings is 11. The van der Waals surface area contributed by atoms with E-state index in [0.717, 1.165) is 66.8 Å². The van der Waals surface area contributed by atoms with E-state index in [0.29, 0.717) is 0 Å². The van der Waals surface area contributed by atoms with Crippen molar-refractivity contribution in [2.45, 2.75) is 201 Å². The SMILES string of the molecule is Cc1cc(-c2c(C)ccc3c2oc2c4c(ccc23)-c2ccccc2C42CCCC2)[n+](C)cc1C.Cc1cc(-c2c(C)ccc3c2oc2c4c(ccc23)C2(CCCC2)c2ccccc2-4)[n+](C)cc1C.Cc1cc(-c2c(C)ccc3c2oc2cc4c(cc23)C2(CCCC2)c2ccccc2-4)[n+](C)cc1C.Cc1ccc(-c2c(C)ccc3c2oc2nc4c(cc23)-c2ccccc2C42CCCC2)[n+](C)c1. The summed E-state index contributed by atoms with van der Waals surface area (Å²) in [5.74, 6) is 0. The van der Waals surface area contributed by atoms with Crippen molar-refractivity contribution in [1.82, 2.24) is 4.98 Å². The summed E-state index contributed by atoms with van der Waals surface area (Å²) in [6.45, 7) is 24.0. The molecule has 0 atom stereocenters. The second-order valence-electron chi connectivity index (χ2n) is 41.8. The zero-order valence-corrected chi connectivity index (χ0v) is 80.8. The van der Waals surface area contributed by atoms with E-state index in [-0.39, 0.29) is 21.7 Å². The van der Waals surface area contributed by atoms with Crippen LogP contribution in [0.1, 0.15) is 209 Å². The van der Waals surface area contributed by atoms with Gasteiger partial charge in [-0.15, -0.1) is 0 Å². The fourth-order valence-corrected chi connectivity index (χ4v) is 27.2. The van der Waals surface area contributed by atoms with Crippen LogP contribution in [0.4, 0.5) is 0 Å². The van der Waals surface area contributed by atoms with Gasteiger partial charge in [0.2, 0.25) is 28.5 Å². The molecule has 9 heterocycles. The number of hydrogen-bond acceptors (Lipinski definition) is 5. The first kappa shape index (κ1) is 83.2. The number of aromatic nitrogens is 5. The standard InChI is InChI=1S/3C32H30NO.C30H27N2O/c1-19-11-12-22-23-13-14-26-29(24-9-5-6-10-25(24)32(26)15-7-8-16-32)31(23)34-30(22)28(19)27-17-20(2)21(3)18-33(27)4;1-19-11-12-24-25-14-13-23-22-9-5-6-10-26(22)32(15-7-8-16-32)29(23)31(25)34-30(24)28(19)27-17-20(2)21(3)18-33(27)4;1-19-11-12-23-25-16-27-24(22-9-5-6-10-26(22)32(27)13-7-8-14-32)17-29(25)34-31(23)30(19)28-15-20(2)21(3)18-33(28)4;1-18-10-13-25(32(3)17-18)26-19(2)11-12-21-23-16-22-20-8-4-5-9-24(20)30(14-6-7-15-30)28(22)31-29(23)33-27(21)26/h2*5-6,9-14,17-18H,7-8,15-16H2,1-4H3;5-6,9-12,15-18H,7-8,13-14H2,1-4H3;4-5,8-13,16-17H,6-7,14-15H2,1-3H3/q4*+1. The molecule has 4 saturated carbocycles. The quantitative estimate of drug-likeness (QED) is 0.164. The first-order chi connectivity index (χ1) is 65.5. The molecular weight excluding hydrogens is 1650 g/mol. The van der Waals surface area contributed by atoms with E-state index in [4.69, 9.17) is 22.7 Å². The lowest BCUT2D eigenvalue weighted by Crippen LogP contribution is -2.31. The zero-order chi connectivity index (χ0) is 91.9. The van der Waals surface area contributed by atoms with Gasteiger partial charge in [0.1, 0.15) is 61.7 Å². The van der Waals surface area contributed by atoms with E-state index in [1.54, 1.807) is 0 Å². The van der Waals surface area contributed by atoms with Crippen molar-refractivity contribution in [3.8, 4) is 89.5 Å². The second kappa shape index (κ2) is 30.7. The van der Waals surface area contributed by atoms with Crippen LogP contribution in [0.5, 0.6) is 0 Å². The first-order valence-corrected chi connectivity index (χ1v) is 49.7. The van der Waals surface area contributed by atoms with Gasteiger partial charge >= 0.3 is 0 Å². The van der Waals surface area contributed by atoms with Crippen LogP contribution in [-0.4, -0.2) is 4.98 Å². The Balaban J connectivity index is 0.0000000960. The van der Waals surface area contributed by atoms with Gasteiger partial charge in [0.15, 0.2) is 30.4 Å². The van der Waals surface area contributed by atoms with Gasteiger partial charge in [0.05, 0.1) is 27.9 Å². The van der Waals surface area contributed by atoms with Crippen LogP contribution in [0.15, 0.2) is 261 Å². The van der Waals surface area contributed by atoms with Crippen LogP contribution in [0.3, 0.4) is 0 Å². The first-order valence-electron chi connectivity index (χ1n) is 49.7. The maximum Gasteiger partial charge on any atom is 0.227 e. The van der Waals surface area contributed by atoms with Crippen LogP contribution in [-0.2, 0) is 49.9 Å². The summed E-state index contributed by atoms with van der Waals surface area (Å²) in [5, 5.41) is 9.64. The maximum atomic E-state index is 6.99. The molecule has 9 nitrogen and oxygen atoms in total. The number of furan rings is 4. The number of rotatable bonds is 4. The fourth-order valence-electron chi connectivity index (χ4n) is 27.2. The highest BCUT2D eigenvalue weighted by Crippen LogP contribution is 2.64. The molecule has 0 aliphatic heterocycles. The van der Waals surface area contributed by atoms with Gasteiger partial charge in [-0.25, -0.2) is 23.3 Å². The highest BCUT2D eigenvalue weighted by Gasteiger charge is 2.51. The molecule has 28 rings (SSSR count). The molecule has 20 aromatic rings. The van der Waals surface area contributed by atoms with Crippen molar-refractivity contribution in [3.63, 3.8) is 0 Å². The highest BCUT2D eigenvalue weighted by atomic mass is 16.3. The van der Waals surface area contributed by atoms with Gasteiger partial charge < -0.3 is 17.7 Å². The Morgan fingerprint density at radius 1 is 0.237 bits per heavy atom. The number of nitrogens with zero attached hydrogens (tertiary/aromatic N) is 5. The third kappa shape index (κ3) is 12.1. The Morgan fingerprint density at radius 2 is 0.607 bits per heavy atom. The summed E-state index contributed by atoms with van der Waals surface area (Å²) in [4.78, 5) is 5.27. The van der Waals surface area contributed by atoms with Crippen molar-refractivity contribution in [1.29, 1.82) is 0 Å². The van der Waals surface area contributed by atoms with E-state index in [1.807, 2.05) is 0 Å². The Kier molecular flexibility index (Phi) is 18.9. The number of hydrogen-bond donors (Lipinski definition) is 0. The lowest BCUT2D eigenvalue weighted by atomic mass is 9.76. The number of fused-ring (bicyclic) bond motifs is 34. The molecule has 135 heavy (non-hydrogen) atoms. The van der Waals surface area contributed by atoms with Crippen molar-refractivity contribution in [2.75, 3.05) is 0 Å². The molecule has 9 heteroatoms. The van der Waals surface area contributed by atoms with Crippen molar-refractivity contribution >= 4 is 87.9 Å². The van der Waals surface area contributed by atoms with Crippen molar-refractivity contribution < 1.29 is 35.9 Å². The topological polar surface area (TPSA) is 81.0 Å². The Bertz CT molecular complexity index is 8500. The molecule has 8 aliphatic rings. The molecule has 4 spiro atoms. The Morgan fingerprint density at radius 3 is 1.13 bits per heavy atom. The second-order valence-corrected chi connectivity index (χ2v) is 41.8. The van der Waals surface area contributed by atoms with Gasteiger partial charge in [0.25, 0.3) is 0 Å². The summed E-state index contributed by atoms with van der Waals surface area (Å²) in [6, 6.07) is 81.9. The average Bonchev–Trinajstić information content (AvgIpc) is 1.71. The van der Waals surface area contributed by atoms with Crippen LogP contribution in [0.2, 0.25) is 0 Å². The summed E-state index contributed by atoms with van der Waals surface area (Å²) in [7, 11) is 8.53. The molecule has 666 valence electrons. The largest absolute Gasteiger partial charge is 0.455 e. The molecule has 9 aromatic heterocycles. The molecule has 0 saturated heterocycles. The minimum Gasteiger partial charge on any atom is -0.455 e. The fraction of sp³-hybridized carbons (Fsp3) is 0.278. The van der Waals surface area contributed by atoms with Gasteiger partial charge in [-0.1, -0.05) is 215 Å². The molecule has 0 bridgehead atoms. The van der Waals surface area contributed by atoms with E-state index in [2.05, 4.69) is 366 Å². The zero-order valence-electron chi connectivity index (χ0n) is 80.8. The lowest BCUT2D eigenvalue weighted by Gasteiger charge is -2.26. The molecule has 0 amide bonds. The third-order valence-corrected chi connectivity index (χ3v) is 34.1. The van der Waals surface area contributed by atoms with Crippen molar-refractivity contribution in [2.24, 2.45) is 28.2 Å². The smallest absolute Gasteiger partial charge is 0.227 e. The minimum atomic E-state index is 0.0568. The van der Waals surface area contributed by atoms with E-state index in [1.165, 1.54) is 319 Å². The lowest BCUT2D eigenvalue weighted by molar-refractivity contribution is -0.660. The monoisotopic (exact) mass is 1760 g/mol. The highest BCUT2D eigenvalue weighted by molar-refractivity contribution is 6.17. The van der Waals surface area contributed by atoms with Crippen LogP contribution >= 0.6 is 0 Å². The summed E-state index contributed by atoms with van der Waals surface area (Å²) in [6.07, 6.45) is 28.9. The number of pyridine rings is 5. The maximum absolute atomic E-state index is 6.99. The minimum absolute atomic E-state index is 0.0568. The van der Waals surface area contributed by atoms with Gasteiger partial charge in [-0.05, 0) is 264 Å². The Hall–Kier alpha value is -13.6. The predicted molar refractivity (Wildman–Crippen MR) is 550 cm³/mol. The van der Waals surface area contributed by atoms with Gasteiger partial charge in [-0.2, -0.15) is 0 Å². The molecule has 0 unspecified atom stereocenters. The summed E-state index contributed by atoms with van der Waals surface area (Å²) in [5.41, 5.74) is 54.5. The van der Waals surface area contributed by atoms with Crippen LogP contribution < -0.4 is 18.3 Å². The summed E-state index contributed by atoms with van der Waals surface area (Å²) >= 11 is 0. The normalized spacial score (nSPS) is 16.0. The van der Waals surface area contributed by atoms with E-state index < -0.39 is 0 Å². The molecule has 4 fully saturated rings. The van der Waals surface area contributed by atoms with Gasteiger partial charge in [-0.3, -0.25) is 0 Å². The van der Waals surface area contributed by atoms with Crippen LogP contribution in [0.25, 0.3) is 177 Å². The molecule has 11 aromatic carbocycles.